The Kier molecular flexibility index (Phi) is 1.39. The molecule has 1 aliphatic rings. The normalized spacial score (nSPS) is 12.4. The summed E-state index contributed by atoms with van der Waals surface area (Å²) in [5.41, 5.74) is 7.64. The fraction of sp³-hybridized carbons (Fsp3) is 0. The van der Waals surface area contributed by atoms with E-state index in [9.17, 15) is 4.79 Å². The minimum atomic E-state index is -0.138. The first kappa shape index (κ1) is 8.05. The zero-order chi connectivity index (χ0) is 10.4. The van der Waals surface area contributed by atoms with Gasteiger partial charge < -0.3 is 5.73 Å². The number of fused-ring (bicyclic) bond motifs is 3. The smallest absolute Gasteiger partial charge is 0.240 e. The first-order valence-corrected chi connectivity index (χ1v) is 4.41. The van der Waals surface area contributed by atoms with Crippen LogP contribution in [0.3, 0.4) is 0 Å². The molecular weight excluding hydrogens is 192 g/mol. The topological polar surface area (TPSA) is 81.8 Å². The molecule has 0 atom stereocenters. The Bertz CT molecular complexity index is 579. The second kappa shape index (κ2) is 2.60. The van der Waals surface area contributed by atoms with Gasteiger partial charge in [0.1, 0.15) is 5.69 Å². The highest BCUT2D eigenvalue weighted by molar-refractivity contribution is 6.19. The number of anilines is 1. The van der Waals surface area contributed by atoms with E-state index in [0.29, 0.717) is 11.3 Å². The Hall–Kier alpha value is -2.30. The van der Waals surface area contributed by atoms with Crippen LogP contribution in [-0.2, 0) is 0 Å². The van der Waals surface area contributed by atoms with Crippen LogP contribution in [0, 0.1) is 0 Å². The highest BCUT2D eigenvalue weighted by Crippen LogP contribution is 2.33. The van der Waals surface area contributed by atoms with E-state index in [1.165, 1.54) is 0 Å². The van der Waals surface area contributed by atoms with Crippen molar-refractivity contribution in [3.63, 3.8) is 0 Å². The van der Waals surface area contributed by atoms with E-state index in [2.05, 4.69) is 15.2 Å². The third-order valence-corrected chi connectivity index (χ3v) is 2.35. The number of hydrogen-bond acceptors (Lipinski definition) is 5. The molecule has 3 rings (SSSR count). The molecule has 1 aliphatic carbocycles. The molecule has 1 heterocycles. The summed E-state index contributed by atoms with van der Waals surface area (Å²) in [7, 11) is 0. The van der Waals surface area contributed by atoms with Gasteiger partial charge in [-0.2, -0.15) is 0 Å². The van der Waals surface area contributed by atoms with Gasteiger partial charge in [-0.15, -0.1) is 10.2 Å². The molecule has 2 aromatic rings. The number of carbonyl (C=O) groups is 1. The molecule has 0 saturated heterocycles. The summed E-state index contributed by atoms with van der Waals surface area (Å²) < 4.78 is 0. The Balaban J connectivity index is 2.39. The number of rotatable bonds is 0. The van der Waals surface area contributed by atoms with Gasteiger partial charge in [-0.05, 0) is 0 Å². The number of carbonyl (C=O) groups excluding carboxylic acids is 1. The van der Waals surface area contributed by atoms with Crippen LogP contribution in [0.15, 0.2) is 24.3 Å². The van der Waals surface area contributed by atoms with Crippen LogP contribution in [-0.4, -0.2) is 21.0 Å². The van der Waals surface area contributed by atoms with Crippen LogP contribution in [0.4, 0.5) is 5.95 Å². The second-order valence-electron chi connectivity index (χ2n) is 3.24. The summed E-state index contributed by atoms with van der Waals surface area (Å²) in [6.45, 7) is 0. The molecule has 5 nitrogen and oxygen atoms in total. The van der Waals surface area contributed by atoms with E-state index >= 15 is 0 Å². The summed E-state index contributed by atoms with van der Waals surface area (Å²) in [5, 5.41) is 7.35. The SMILES string of the molecule is Nc1nnc2c(n1)-c1ccccc1C2=O. The van der Waals surface area contributed by atoms with Crippen LogP contribution in [0.25, 0.3) is 11.3 Å². The van der Waals surface area contributed by atoms with E-state index in [-0.39, 0.29) is 17.4 Å². The lowest BCUT2D eigenvalue weighted by molar-refractivity contribution is 0.103. The number of benzene rings is 1. The largest absolute Gasteiger partial charge is 0.366 e. The van der Waals surface area contributed by atoms with Crippen LogP contribution < -0.4 is 5.73 Å². The maximum atomic E-state index is 11.8. The van der Waals surface area contributed by atoms with Gasteiger partial charge in [0.2, 0.25) is 11.7 Å². The zero-order valence-corrected chi connectivity index (χ0v) is 7.64. The molecule has 5 heteroatoms. The Morgan fingerprint density at radius 3 is 2.53 bits per heavy atom. The predicted molar refractivity (Wildman–Crippen MR) is 53.1 cm³/mol. The van der Waals surface area contributed by atoms with Gasteiger partial charge in [0, 0.05) is 11.1 Å². The first-order chi connectivity index (χ1) is 7.27. The van der Waals surface area contributed by atoms with Gasteiger partial charge in [0.05, 0.1) is 0 Å². The molecule has 0 fully saturated rings. The van der Waals surface area contributed by atoms with Gasteiger partial charge in [-0.1, -0.05) is 24.3 Å². The molecular formula is C10H6N4O. The van der Waals surface area contributed by atoms with Gasteiger partial charge >= 0.3 is 0 Å². The van der Waals surface area contributed by atoms with E-state index in [1.807, 2.05) is 12.1 Å². The number of nitrogens with zero attached hydrogens (tertiary/aromatic N) is 3. The van der Waals surface area contributed by atoms with E-state index in [1.54, 1.807) is 12.1 Å². The number of hydrogen-bond donors (Lipinski definition) is 1. The molecule has 0 unspecified atom stereocenters. The summed E-state index contributed by atoms with van der Waals surface area (Å²) in [6, 6.07) is 7.23. The monoisotopic (exact) mass is 198 g/mol. The lowest BCUT2D eigenvalue weighted by Gasteiger charge is -1.96. The maximum Gasteiger partial charge on any atom is 0.240 e. The number of nitrogen functional groups attached to an aromatic ring is 1. The number of nitrogens with two attached hydrogens (primary N) is 1. The average Bonchev–Trinajstić information content (AvgIpc) is 2.54. The van der Waals surface area contributed by atoms with Crippen molar-refractivity contribution in [2.24, 2.45) is 0 Å². The highest BCUT2D eigenvalue weighted by Gasteiger charge is 2.29. The quantitative estimate of drug-likeness (QED) is 0.574. The molecule has 15 heavy (non-hydrogen) atoms. The summed E-state index contributed by atoms with van der Waals surface area (Å²) >= 11 is 0. The number of aromatic nitrogens is 3. The van der Waals surface area contributed by atoms with Crippen molar-refractivity contribution in [1.29, 1.82) is 0 Å². The van der Waals surface area contributed by atoms with Crippen molar-refractivity contribution < 1.29 is 4.79 Å². The first-order valence-electron chi connectivity index (χ1n) is 4.41. The van der Waals surface area contributed by atoms with E-state index < -0.39 is 0 Å². The second-order valence-corrected chi connectivity index (χ2v) is 3.24. The highest BCUT2D eigenvalue weighted by atomic mass is 16.1. The van der Waals surface area contributed by atoms with Crippen molar-refractivity contribution >= 4 is 11.7 Å². The van der Waals surface area contributed by atoms with Crippen LogP contribution in [0.2, 0.25) is 0 Å². The lowest BCUT2D eigenvalue weighted by Crippen LogP contribution is -2.04. The third-order valence-electron chi connectivity index (χ3n) is 2.35. The van der Waals surface area contributed by atoms with Gasteiger partial charge in [0.25, 0.3) is 0 Å². The maximum absolute atomic E-state index is 11.8. The van der Waals surface area contributed by atoms with E-state index in [4.69, 9.17) is 5.73 Å². The third kappa shape index (κ3) is 0.969. The fourth-order valence-corrected chi connectivity index (χ4v) is 1.69. The van der Waals surface area contributed by atoms with Crippen LogP contribution >= 0.6 is 0 Å². The van der Waals surface area contributed by atoms with Gasteiger partial charge in [-0.25, -0.2) is 4.98 Å². The van der Waals surface area contributed by atoms with Crippen molar-refractivity contribution in [2.75, 3.05) is 5.73 Å². The summed E-state index contributed by atoms with van der Waals surface area (Å²) in [4.78, 5) is 15.8. The molecule has 0 spiro atoms. The summed E-state index contributed by atoms with van der Waals surface area (Å²) in [5.74, 6) is -0.0566. The molecule has 1 aromatic heterocycles. The van der Waals surface area contributed by atoms with Crippen molar-refractivity contribution in [1.82, 2.24) is 15.2 Å². The lowest BCUT2D eigenvalue weighted by atomic mass is 10.1. The molecule has 0 aliphatic heterocycles. The molecule has 0 amide bonds. The molecule has 0 saturated carbocycles. The summed E-state index contributed by atoms with van der Waals surface area (Å²) in [6.07, 6.45) is 0. The minimum Gasteiger partial charge on any atom is -0.366 e. The van der Waals surface area contributed by atoms with Crippen molar-refractivity contribution in [3.05, 3.63) is 35.5 Å². The van der Waals surface area contributed by atoms with Crippen molar-refractivity contribution in [2.45, 2.75) is 0 Å². The van der Waals surface area contributed by atoms with Gasteiger partial charge in [-0.3, -0.25) is 4.79 Å². The fourth-order valence-electron chi connectivity index (χ4n) is 1.69. The van der Waals surface area contributed by atoms with Crippen LogP contribution in [0.1, 0.15) is 16.1 Å². The Morgan fingerprint density at radius 2 is 1.73 bits per heavy atom. The Morgan fingerprint density at radius 1 is 1.00 bits per heavy atom. The Labute approximate surface area is 85.0 Å². The van der Waals surface area contributed by atoms with E-state index in [0.717, 1.165) is 5.56 Å². The zero-order valence-electron chi connectivity index (χ0n) is 7.64. The molecule has 0 bridgehead atoms. The molecule has 0 radical (unpaired) electrons. The molecule has 1 aromatic carbocycles. The predicted octanol–water partition coefficient (Wildman–Crippen LogP) is 0.665. The van der Waals surface area contributed by atoms with Gasteiger partial charge in [0.15, 0.2) is 5.69 Å². The van der Waals surface area contributed by atoms with Crippen LogP contribution in [0.5, 0.6) is 0 Å². The molecule has 72 valence electrons. The standard InChI is InChI=1S/C10H6N4O/c11-10-12-7-5-3-1-2-4-6(5)9(15)8(7)13-14-10/h1-4H,(H2,11,12,14). The average molecular weight is 198 g/mol. The number of ketones is 1. The van der Waals surface area contributed by atoms with Crippen molar-refractivity contribution in [3.8, 4) is 11.3 Å². The molecule has 2 N–H and O–H groups in total. The minimum absolute atomic E-state index is 0.0817.